The molecule has 1 aliphatic heterocycles. The second kappa shape index (κ2) is 6.26. The van der Waals surface area contributed by atoms with Crippen LogP contribution in [0.3, 0.4) is 0 Å². The first kappa shape index (κ1) is 17.0. The average molecular weight is 352 g/mol. The number of carboxylic acid groups (broad SMARTS) is 1. The van der Waals surface area contributed by atoms with Gasteiger partial charge in [0.25, 0.3) is 0 Å². The van der Waals surface area contributed by atoms with Crippen molar-refractivity contribution in [3.8, 4) is 0 Å². The molecule has 6 nitrogen and oxygen atoms in total. The standard InChI is InChI=1S/C17H22ClN3O3/c1-17(2,11-3-5-21(6-4-11)16(23)24)15(22)13-8-12(18)7-10-9-19-20-14(10)13/h7-9,11,15,22H,3-6H2,1-2H3,(H,19,20)(H,23,24)/t15-/m0/s1. The van der Waals surface area contributed by atoms with Gasteiger partial charge in [0.1, 0.15) is 0 Å². The summed E-state index contributed by atoms with van der Waals surface area (Å²) in [4.78, 5) is 12.5. The van der Waals surface area contributed by atoms with Crippen LogP contribution in [0.25, 0.3) is 10.9 Å². The highest BCUT2D eigenvalue weighted by Crippen LogP contribution is 2.46. The Kier molecular flexibility index (Phi) is 4.44. The number of aromatic amines is 1. The van der Waals surface area contributed by atoms with Gasteiger partial charge < -0.3 is 15.1 Å². The van der Waals surface area contributed by atoms with Gasteiger partial charge in [-0.15, -0.1) is 0 Å². The van der Waals surface area contributed by atoms with Crippen LogP contribution in [0.1, 0.15) is 38.4 Å². The Balaban J connectivity index is 1.86. The van der Waals surface area contributed by atoms with E-state index in [-0.39, 0.29) is 5.92 Å². The van der Waals surface area contributed by atoms with E-state index in [2.05, 4.69) is 10.2 Å². The summed E-state index contributed by atoms with van der Waals surface area (Å²) in [7, 11) is 0. The molecular weight excluding hydrogens is 330 g/mol. The second-order valence-corrected chi connectivity index (χ2v) is 7.53. The molecule has 0 bridgehead atoms. The van der Waals surface area contributed by atoms with Crippen LogP contribution in [0, 0.1) is 11.3 Å². The lowest BCUT2D eigenvalue weighted by atomic mass is 9.68. The van der Waals surface area contributed by atoms with Crippen LogP contribution in [0.15, 0.2) is 18.3 Å². The molecule has 0 aliphatic carbocycles. The van der Waals surface area contributed by atoms with E-state index in [0.717, 1.165) is 29.3 Å². The molecule has 130 valence electrons. The summed E-state index contributed by atoms with van der Waals surface area (Å²) in [5.74, 6) is 0.222. The Bertz CT molecular complexity index is 751. The molecule has 3 rings (SSSR count). The predicted molar refractivity (Wildman–Crippen MR) is 92.2 cm³/mol. The maximum absolute atomic E-state index is 11.1. The zero-order chi connectivity index (χ0) is 17.5. The maximum atomic E-state index is 11.1. The number of rotatable bonds is 3. The number of benzene rings is 1. The molecule has 3 N–H and O–H groups in total. The van der Waals surface area contributed by atoms with Crippen molar-refractivity contribution in [2.24, 2.45) is 11.3 Å². The van der Waals surface area contributed by atoms with Gasteiger partial charge in [0.2, 0.25) is 0 Å². The summed E-state index contributed by atoms with van der Waals surface area (Å²) in [6.45, 7) is 5.07. The minimum absolute atomic E-state index is 0.222. The molecule has 1 aromatic carbocycles. The summed E-state index contributed by atoms with van der Waals surface area (Å²) in [5, 5.41) is 28.6. The molecule has 0 spiro atoms. The Labute approximate surface area is 145 Å². The Morgan fingerprint density at radius 1 is 1.42 bits per heavy atom. The number of aliphatic hydroxyl groups is 1. The van der Waals surface area contributed by atoms with E-state index in [1.807, 2.05) is 19.9 Å². The molecule has 2 aromatic rings. The first-order chi connectivity index (χ1) is 11.3. The molecule has 24 heavy (non-hydrogen) atoms. The van der Waals surface area contributed by atoms with E-state index >= 15 is 0 Å². The lowest BCUT2D eigenvalue weighted by molar-refractivity contribution is -0.0164. The summed E-state index contributed by atoms with van der Waals surface area (Å²) >= 11 is 6.19. The van der Waals surface area contributed by atoms with Crippen molar-refractivity contribution in [2.75, 3.05) is 13.1 Å². The number of nitrogens with one attached hydrogen (secondary N) is 1. The number of hydrogen-bond acceptors (Lipinski definition) is 3. The van der Waals surface area contributed by atoms with Crippen molar-refractivity contribution < 1.29 is 15.0 Å². The number of amides is 1. The molecule has 1 aromatic heterocycles. The highest BCUT2D eigenvalue weighted by Gasteiger charge is 2.40. The van der Waals surface area contributed by atoms with Crippen molar-refractivity contribution >= 4 is 28.6 Å². The molecule has 0 unspecified atom stereocenters. The van der Waals surface area contributed by atoms with Gasteiger partial charge in [0.15, 0.2) is 0 Å². The van der Waals surface area contributed by atoms with Crippen molar-refractivity contribution in [3.63, 3.8) is 0 Å². The fourth-order valence-electron chi connectivity index (χ4n) is 3.70. The summed E-state index contributed by atoms with van der Waals surface area (Å²) in [5.41, 5.74) is 1.12. The minimum atomic E-state index is -0.874. The van der Waals surface area contributed by atoms with Crippen molar-refractivity contribution in [2.45, 2.75) is 32.8 Å². The van der Waals surface area contributed by atoms with Gasteiger partial charge in [-0.25, -0.2) is 4.79 Å². The number of H-pyrrole nitrogens is 1. The van der Waals surface area contributed by atoms with E-state index < -0.39 is 17.6 Å². The van der Waals surface area contributed by atoms with Gasteiger partial charge in [0.05, 0.1) is 17.8 Å². The van der Waals surface area contributed by atoms with Crippen molar-refractivity contribution in [1.82, 2.24) is 15.1 Å². The molecule has 1 saturated heterocycles. The Morgan fingerprint density at radius 3 is 2.71 bits per heavy atom. The van der Waals surface area contributed by atoms with Crippen LogP contribution in [-0.4, -0.2) is 44.5 Å². The van der Waals surface area contributed by atoms with Crippen LogP contribution in [-0.2, 0) is 0 Å². The third-order valence-electron chi connectivity index (χ3n) is 5.36. The number of carbonyl (C=O) groups is 1. The quantitative estimate of drug-likeness (QED) is 0.787. The average Bonchev–Trinajstić information content (AvgIpc) is 3.01. The first-order valence-electron chi connectivity index (χ1n) is 8.09. The van der Waals surface area contributed by atoms with Gasteiger partial charge in [-0.1, -0.05) is 25.4 Å². The number of piperidine rings is 1. The van der Waals surface area contributed by atoms with E-state index in [9.17, 15) is 9.90 Å². The zero-order valence-electron chi connectivity index (χ0n) is 13.8. The molecular formula is C17H22ClN3O3. The fraction of sp³-hybridized carbons (Fsp3) is 0.529. The second-order valence-electron chi connectivity index (χ2n) is 7.10. The summed E-state index contributed by atoms with van der Waals surface area (Å²) in [6.07, 6.45) is 1.57. The van der Waals surface area contributed by atoms with Crippen molar-refractivity contribution in [1.29, 1.82) is 0 Å². The number of fused-ring (bicyclic) bond motifs is 1. The van der Waals surface area contributed by atoms with E-state index in [4.69, 9.17) is 16.7 Å². The van der Waals surface area contributed by atoms with Gasteiger partial charge in [-0.3, -0.25) is 5.10 Å². The summed E-state index contributed by atoms with van der Waals surface area (Å²) in [6, 6.07) is 3.59. The molecule has 1 fully saturated rings. The number of likely N-dealkylation sites (tertiary alicyclic amines) is 1. The highest BCUT2D eigenvalue weighted by atomic mass is 35.5. The third-order valence-corrected chi connectivity index (χ3v) is 5.58. The monoisotopic (exact) mass is 351 g/mol. The lowest BCUT2D eigenvalue weighted by Gasteiger charge is -2.42. The van der Waals surface area contributed by atoms with Gasteiger partial charge >= 0.3 is 6.09 Å². The molecule has 1 aliphatic rings. The van der Waals surface area contributed by atoms with Crippen LogP contribution >= 0.6 is 11.6 Å². The maximum Gasteiger partial charge on any atom is 0.407 e. The van der Waals surface area contributed by atoms with Crippen LogP contribution in [0.5, 0.6) is 0 Å². The fourth-order valence-corrected chi connectivity index (χ4v) is 3.94. The normalized spacial score (nSPS) is 18.1. The van der Waals surface area contributed by atoms with Gasteiger partial charge in [0, 0.05) is 29.1 Å². The van der Waals surface area contributed by atoms with Crippen LogP contribution in [0.4, 0.5) is 4.79 Å². The highest BCUT2D eigenvalue weighted by molar-refractivity contribution is 6.31. The zero-order valence-corrected chi connectivity index (χ0v) is 14.5. The summed E-state index contributed by atoms with van der Waals surface area (Å²) < 4.78 is 0. The SMILES string of the molecule is CC(C)(C1CCN(C(=O)O)CC1)[C@@H](O)c1cc(Cl)cc2cn[nH]c12. The number of halogens is 1. The molecule has 1 amide bonds. The topological polar surface area (TPSA) is 89.5 Å². The van der Waals surface area contributed by atoms with Crippen LogP contribution in [0.2, 0.25) is 5.02 Å². The Hall–Kier alpha value is -1.79. The first-order valence-corrected chi connectivity index (χ1v) is 8.47. The smallest absolute Gasteiger partial charge is 0.407 e. The number of hydrogen-bond donors (Lipinski definition) is 3. The number of aromatic nitrogens is 2. The molecule has 0 radical (unpaired) electrons. The third kappa shape index (κ3) is 2.96. The van der Waals surface area contributed by atoms with E-state index in [0.29, 0.717) is 18.1 Å². The predicted octanol–water partition coefficient (Wildman–Crippen LogP) is 3.67. The minimum Gasteiger partial charge on any atom is -0.465 e. The van der Waals surface area contributed by atoms with Crippen molar-refractivity contribution in [3.05, 3.63) is 28.9 Å². The number of nitrogens with zero attached hydrogens (tertiary/aromatic N) is 2. The molecule has 0 saturated carbocycles. The lowest BCUT2D eigenvalue weighted by Crippen LogP contribution is -2.43. The van der Waals surface area contributed by atoms with E-state index in [1.165, 1.54) is 4.90 Å². The van der Waals surface area contributed by atoms with Gasteiger partial charge in [-0.05, 0) is 36.3 Å². The van der Waals surface area contributed by atoms with Crippen LogP contribution < -0.4 is 0 Å². The molecule has 2 heterocycles. The van der Waals surface area contributed by atoms with Gasteiger partial charge in [-0.2, -0.15) is 5.10 Å². The Morgan fingerprint density at radius 2 is 2.08 bits per heavy atom. The molecule has 1 atom stereocenters. The largest absolute Gasteiger partial charge is 0.465 e. The number of aliphatic hydroxyl groups excluding tert-OH is 1. The molecule has 7 heteroatoms. The van der Waals surface area contributed by atoms with E-state index in [1.54, 1.807) is 12.3 Å².